The lowest BCUT2D eigenvalue weighted by Crippen LogP contribution is -2.27. The SMILES string of the molecule is CNc1ncc(/C=C/C(=O)N2CC3C=C(c4ccc(Oc5ncccn5)cc4)CC3C2)cc1NCCC=O. The van der Waals surface area contributed by atoms with Crippen molar-refractivity contribution in [2.24, 2.45) is 11.8 Å². The van der Waals surface area contributed by atoms with Crippen molar-refractivity contribution in [2.45, 2.75) is 12.8 Å². The number of likely N-dealkylation sites (tertiary alicyclic amines) is 1. The number of aldehydes is 1. The van der Waals surface area contributed by atoms with Gasteiger partial charge in [-0.15, -0.1) is 0 Å². The zero-order valence-electron chi connectivity index (χ0n) is 21.2. The summed E-state index contributed by atoms with van der Waals surface area (Å²) >= 11 is 0. The lowest BCUT2D eigenvalue weighted by Gasteiger charge is -2.15. The van der Waals surface area contributed by atoms with Gasteiger partial charge in [-0.2, -0.15) is 0 Å². The number of hydrogen-bond donors (Lipinski definition) is 2. The van der Waals surface area contributed by atoms with E-state index in [4.69, 9.17) is 4.74 Å². The van der Waals surface area contributed by atoms with Crippen LogP contribution in [-0.2, 0) is 9.59 Å². The lowest BCUT2D eigenvalue weighted by molar-refractivity contribution is -0.125. The standard InChI is InChI=1S/C29H30N6O3/c1-30-28-26(31-12-3-13-36)14-20(17-34-28)4-9-27(37)35-18-23-15-22(16-24(23)19-35)21-5-7-25(8-6-21)38-29-32-10-2-11-33-29/h2,4-11,13-15,17,23-24,31H,3,12,16,18-19H2,1H3,(H,30,34)/b9-4+. The van der Waals surface area contributed by atoms with E-state index in [-0.39, 0.29) is 5.91 Å². The molecular formula is C29H30N6O3. The van der Waals surface area contributed by atoms with Crippen molar-refractivity contribution in [1.82, 2.24) is 19.9 Å². The predicted molar refractivity (Wildman–Crippen MR) is 147 cm³/mol. The minimum Gasteiger partial charge on any atom is -0.424 e. The van der Waals surface area contributed by atoms with E-state index in [1.807, 2.05) is 23.1 Å². The number of rotatable bonds is 10. The largest absolute Gasteiger partial charge is 0.424 e. The van der Waals surface area contributed by atoms with E-state index < -0.39 is 0 Å². The molecule has 3 aromatic rings. The molecule has 3 heterocycles. The number of ether oxygens (including phenoxy) is 1. The summed E-state index contributed by atoms with van der Waals surface area (Å²) in [7, 11) is 1.79. The number of amides is 1. The van der Waals surface area contributed by atoms with Crippen molar-refractivity contribution in [2.75, 3.05) is 37.3 Å². The highest BCUT2D eigenvalue weighted by Gasteiger charge is 2.37. The van der Waals surface area contributed by atoms with Crippen LogP contribution in [0.25, 0.3) is 11.6 Å². The van der Waals surface area contributed by atoms with Crippen LogP contribution >= 0.6 is 0 Å². The summed E-state index contributed by atoms with van der Waals surface area (Å²) in [6, 6.07) is 12.0. The van der Waals surface area contributed by atoms with Crippen LogP contribution in [0.1, 0.15) is 24.0 Å². The van der Waals surface area contributed by atoms with Crippen LogP contribution in [0.2, 0.25) is 0 Å². The van der Waals surface area contributed by atoms with E-state index in [0.29, 0.717) is 42.4 Å². The number of fused-ring (bicyclic) bond motifs is 1. The van der Waals surface area contributed by atoms with E-state index in [9.17, 15) is 9.59 Å². The lowest BCUT2D eigenvalue weighted by atomic mass is 9.98. The topological polar surface area (TPSA) is 109 Å². The summed E-state index contributed by atoms with van der Waals surface area (Å²) in [6.07, 6.45) is 13.0. The third-order valence-electron chi connectivity index (χ3n) is 6.82. The summed E-state index contributed by atoms with van der Waals surface area (Å²) in [4.78, 5) is 38.0. The summed E-state index contributed by atoms with van der Waals surface area (Å²) in [5.41, 5.74) is 4.10. The van der Waals surface area contributed by atoms with Gasteiger partial charge in [0.2, 0.25) is 5.91 Å². The van der Waals surface area contributed by atoms with Gasteiger partial charge in [-0.3, -0.25) is 4.79 Å². The number of nitrogens with one attached hydrogen (secondary N) is 2. The predicted octanol–water partition coefficient (Wildman–Crippen LogP) is 4.28. The zero-order chi connectivity index (χ0) is 26.3. The average molecular weight is 511 g/mol. The highest BCUT2D eigenvalue weighted by molar-refractivity contribution is 5.92. The Balaban J connectivity index is 1.17. The third kappa shape index (κ3) is 5.88. The molecule has 2 aliphatic rings. The molecule has 1 aliphatic carbocycles. The maximum Gasteiger partial charge on any atom is 0.321 e. The highest BCUT2D eigenvalue weighted by Crippen LogP contribution is 2.41. The fourth-order valence-corrected chi connectivity index (χ4v) is 4.93. The van der Waals surface area contributed by atoms with Gasteiger partial charge in [0.1, 0.15) is 17.9 Å². The second kappa shape index (κ2) is 11.7. The van der Waals surface area contributed by atoms with Crippen molar-refractivity contribution in [3.05, 3.63) is 78.3 Å². The Hall–Kier alpha value is -4.53. The molecule has 1 aliphatic heterocycles. The van der Waals surface area contributed by atoms with Gasteiger partial charge in [-0.05, 0) is 65.3 Å². The van der Waals surface area contributed by atoms with Gasteiger partial charge in [0.15, 0.2) is 0 Å². The average Bonchev–Trinajstić information content (AvgIpc) is 3.53. The molecule has 38 heavy (non-hydrogen) atoms. The van der Waals surface area contributed by atoms with Crippen LogP contribution in [0.15, 0.2) is 67.1 Å². The van der Waals surface area contributed by atoms with Crippen LogP contribution in [0.4, 0.5) is 11.5 Å². The first-order valence-electron chi connectivity index (χ1n) is 12.7. The Morgan fingerprint density at radius 2 is 1.97 bits per heavy atom. The molecule has 2 aromatic heterocycles. The van der Waals surface area contributed by atoms with E-state index in [2.05, 4.69) is 43.8 Å². The summed E-state index contributed by atoms with van der Waals surface area (Å²) in [5.74, 6) is 2.19. The van der Waals surface area contributed by atoms with E-state index in [0.717, 1.165) is 37.0 Å². The highest BCUT2D eigenvalue weighted by atomic mass is 16.5. The minimum atomic E-state index is 0.00661. The van der Waals surface area contributed by atoms with E-state index in [1.54, 1.807) is 43.9 Å². The van der Waals surface area contributed by atoms with Crippen LogP contribution < -0.4 is 15.4 Å². The number of anilines is 2. The van der Waals surface area contributed by atoms with Gasteiger partial charge in [-0.25, -0.2) is 15.0 Å². The van der Waals surface area contributed by atoms with Gasteiger partial charge in [0.05, 0.1) is 5.69 Å². The fourth-order valence-electron chi connectivity index (χ4n) is 4.93. The second-order valence-corrected chi connectivity index (χ2v) is 9.35. The van der Waals surface area contributed by atoms with Gasteiger partial charge >= 0.3 is 6.01 Å². The number of carbonyl (C=O) groups is 2. The molecule has 194 valence electrons. The van der Waals surface area contributed by atoms with Crippen molar-refractivity contribution in [1.29, 1.82) is 0 Å². The van der Waals surface area contributed by atoms with Crippen LogP contribution in [-0.4, -0.2) is 58.7 Å². The maximum absolute atomic E-state index is 12.9. The van der Waals surface area contributed by atoms with Crippen LogP contribution in [0.3, 0.4) is 0 Å². The molecule has 1 saturated heterocycles. The van der Waals surface area contributed by atoms with E-state index >= 15 is 0 Å². The normalized spacial score (nSPS) is 18.2. The maximum atomic E-state index is 12.9. The monoisotopic (exact) mass is 510 g/mol. The number of benzene rings is 1. The van der Waals surface area contributed by atoms with Crippen molar-refractivity contribution < 1.29 is 14.3 Å². The molecule has 2 atom stereocenters. The summed E-state index contributed by atoms with van der Waals surface area (Å²) < 4.78 is 5.69. The Morgan fingerprint density at radius 1 is 1.16 bits per heavy atom. The molecule has 2 N–H and O–H groups in total. The second-order valence-electron chi connectivity index (χ2n) is 9.35. The van der Waals surface area contributed by atoms with Crippen LogP contribution in [0.5, 0.6) is 11.8 Å². The molecular weight excluding hydrogens is 480 g/mol. The zero-order valence-corrected chi connectivity index (χ0v) is 21.2. The summed E-state index contributed by atoms with van der Waals surface area (Å²) in [5, 5.41) is 6.23. The van der Waals surface area contributed by atoms with E-state index in [1.165, 1.54) is 11.1 Å². The van der Waals surface area contributed by atoms with Crippen molar-refractivity contribution >= 4 is 35.3 Å². The number of aromatic nitrogens is 3. The molecule has 0 spiro atoms. The number of pyridine rings is 1. The first-order valence-corrected chi connectivity index (χ1v) is 12.7. The van der Waals surface area contributed by atoms with Gasteiger partial charge in [0.25, 0.3) is 0 Å². The Morgan fingerprint density at radius 3 is 2.71 bits per heavy atom. The minimum absolute atomic E-state index is 0.00661. The molecule has 2 unspecified atom stereocenters. The Kier molecular flexibility index (Phi) is 7.73. The first kappa shape index (κ1) is 25.1. The molecule has 0 radical (unpaired) electrons. The number of allylic oxidation sites excluding steroid dienone is 1. The molecule has 1 amide bonds. The molecule has 0 bridgehead atoms. The van der Waals surface area contributed by atoms with Crippen LogP contribution in [0, 0.1) is 11.8 Å². The molecule has 9 heteroatoms. The molecule has 1 fully saturated rings. The smallest absolute Gasteiger partial charge is 0.321 e. The van der Waals surface area contributed by atoms with Crippen molar-refractivity contribution in [3.8, 4) is 11.8 Å². The number of hydrogen-bond acceptors (Lipinski definition) is 8. The number of carbonyl (C=O) groups excluding carboxylic acids is 2. The molecule has 5 rings (SSSR count). The molecule has 0 saturated carbocycles. The number of nitrogens with zero attached hydrogens (tertiary/aromatic N) is 4. The first-order chi connectivity index (χ1) is 18.6. The quantitative estimate of drug-likeness (QED) is 0.236. The van der Waals surface area contributed by atoms with Gasteiger partial charge in [0, 0.05) is 57.8 Å². The summed E-state index contributed by atoms with van der Waals surface area (Å²) in [6.45, 7) is 1.99. The molecule has 1 aromatic carbocycles. The van der Waals surface area contributed by atoms with Gasteiger partial charge in [-0.1, -0.05) is 18.2 Å². The van der Waals surface area contributed by atoms with Crippen molar-refractivity contribution in [3.63, 3.8) is 0 Å². The third-order valence-corrected chi connectivity index (χ3v) is 6.82. The van der Waals surface area contributed by atoms with Gasteiger partial charge < -0.3 is 25.1 Å². The Bertz CT molecular complexity index is 1340. The fraction of sp³-hybridized carbons (Fsp3) is 0.276. The Labute approximate surface area is 221 Å². The molecule has 9 nitrogen and oxygen atoms in total.